The normalized spacial score (nSPS) is 12.2. The molecule has 0 radical (unpaired) electrons. The SMILES string of the molecule is O=C(NC(=S)Nc1ccc2c3c(cccc13)CC2)c1ccc(F)cc1. The van der Waals surface area contributed by atoms with E-state index in [0.717, 1.165) is 23.9 Å². The molecule has 2 N–H and O–H groups in total. The Bertz CT molecular complexity index is 988. The van der Waals surface area contributed by atoms with E-state index in [2.05, 4.69) is 28.8 Å². The van der Waals surface area contributed by atoms with Crippen LogP contribution in [0.3, 0.4) is 0 Å². The molecule has 3 aromatic carbocycles. The Labute approximate surface area is 149 Å². The topological polar surface area (TPSA) is 41.1 Å². The van der Waals surface area contributed by atoms with Gasteiger partial charge in [0.15, 0.2) is 5.11 Å². The minimum Gasteiger partial charge on any atom is -0.332 e. The monoisotopic (exact) mass is 350 g/mol. The molecule has 0 saturated heterocycles. The summed E-state index contributed by atoms with van der Waals surface area (Å²) in [6.07, 6.45) is 2.11. The summed E-state index contributed by atoms with van der Waals surface area (Å²) in [5.41, 5.74) is 3.91. The molecule has 0 atom stereocenters. The molecular formula is C20H15FN2OS. The molecule has 0 heterocycles. The molecule has 0 unspecified atom stereocenters. The number of nitrogens with one attached hydrogen (secondary N) is 2. The van der Waals surface area contributed by atoms with Gasteiger partial charge in [-0.1, -0.05) is 24.3 Å². The zero-order valence-electron chi connectivity index (χ0n) is 13.3. The third-order valence-electron chi connectivity index (χ3n) is 4.46. The molecule has 5 heteroatoms. The Morgan fingerprint density at radius 2 is 1.68 bits per heavy atom. The molecule has 124 valence electrons. The van der Waals surface area contributed by atoms with Crippen molar-refractivity contribution in [1.82, 2.24) is 5.32 Å². The minimum atomic E-state index is -0.384. The van der Waals surface area contributed by atoms with Gasteiger partial charge in [0.25, 0.3) is 5.91 Å². The van der Waals surface area contributed by atoms with Crippen molar-refractivity contribution in [3.8, 4) is 0 Å². The Hall–Kier alpha value is -2.79. The molecule has 3 aromatic rings. The van der Waals surface area contributed by atoms with E-state index in [0.29, 0.717) is 5.56 Å². The number of thiocarbonyl (C=S) groups is 1. The van der Waals surface area contributed by atoms with Crippen LogP contribution >= 0.6 is 12.2 Å². The molecule has 0 spiro atoms. The van der Waals surface area contributed by atoms with Gasteiger partial charge >= 0.3 is 0 Å². The van der Waals surface area contributed by atoms with Crippen molar-refractivity contribution in [3.63, 3.8) is 0 Å². The van der Waals surface area contributed by atoms with Crippen LogP contribution in [0.1, 0.15) is 21.5 Å². The molecule has 1 aliphatic carbocycles. The van der Waals surface area contributed by atoms with Crippen LogP contribution in [0.4, 0.5) is 10.1 Å². The number of halogens is 1. The fraction of sp³-hybridized carbons (Fsp3) is 0.100. The zero-order chi connectivity index (χ0) is 17.4. The van der Waals surface area contributed by atoms with Crippen LogP contribution in [0, 0.1) is 5.82 Å². The molecule has 4 rings (SSSR count). The lowest BCUT2D eigenvalue weighted by Crippen LogP contribution is -2.34. The summed E-state index contributed by atoms with van der Waals surface area (Å²) < 4.78 is 12.9. The molecule has 0 aliphatic heterocycles. The number of amides is 1. The largest absolute Gasteiger partial charge is 0.332 e. The summed E-state index contributed by atoms with van der Waals surface area (Å²) in [6.45, 7) is 0. The second-order valence-corrected chi connectivity index (χ2v) is 6.44. The van der Waals surface area contributed by atoms with Crippen LogP contribution < -0.4 is 10.6 Å². The van der Waals surface area contributed by atoms with Crippen molar-refractivity contribution in [2.45, 2.75) is 12.8 Å². The van der Waals surface area contributed by atoms with Gasteiger partial charge in [-0.2, -0.15) is 0 Å². The maximum Gasteiger partial charge on any atom is 0.257 e. The molecule has 0 aromatic heterocycles. The standard InChI is InChI=1S/C20H15FN2OS/c21-15-9-6-14(7-10-15)19(24)23-20(25)22-17-11-8-13-5-4-12-2-1-3-16(17)18(12)13/h1-3,6-11H,4-5H2,(H2,22,23,24,25). The summed E-state index contributed by atoms with van der Waals surface area (Å²) >= 11 is 5.27. The van der Waals surface area contributed by atoms with Crippen LogP contribution in [0.2, 0.25) is 0 Å². The predicted molar refractivity (Wildman–Crippen MR) is 101 cm³/mol. The number of anilines is 1. The van der Waals surface area contributed by atoms with Gasteiger partial charge in [-0.05, 0) is 71.9 Å². The lowest BCUT2D eigenvalue weighted by Gasteiger charge is -2.13. The Morgan fingerprint density at radius 3 is 2.44 bits per heavy atom. The van der Waals surface area contributed by atoms with E-state index in [-0.39, 0.29) is 16.8 Å². The van der Waals surface area contributed by atoms with Crippen LogP contribution in [0.15, 0.2) is 54.6 Å². The first kappa shape index (κ1) is 15.7. The van der Waals surface area contributed by atoms with Crippen LogP contribution in [0.5, 0.6) is 0 Å². The lowest BCUT2D eigenvalue weighted by molar-refractivity contribution is 0.0977. The number of carbonyl (C=O) groups is 1. The average molecular weight is 350 g/mol. The minimum absolute atomic E-state index is 0.216. The van der Waals surface area contributed by atoms with Crippen LogP contribution in [0.25, 0.3) is 10.8 Å². The van der Waals surface area contributed by atoms with E-state index in [1.807, 2.05) is 12.1 Å². The number of aryl methyl sites for hydroxylation is 2. The highest BCUT2D eigenvalue weighted by molar-refractivity contribution is 7.80. The van der Waals surface area contributed by atoms with Crippen LogP contribution in [-0.2, 0) is 12.8 Å². The van der Waals surface area contributed by atoms with Gasteiger partial charge in [-0.15, -0.1) is 0 Å². The zero-order valence-corrected chi connectivity index (χ0v) is 14.1. The molecule has 1 amide bonds. The maximum absolute atomic E-state index is 12.9. The first-order valence-corrected chi connectivity index (χ1v) is 8.44. The third-order valence-corrected chi connectivity index (χ3v) is 4.66. The smallest absolute Gasteiger partial charge is 0.257 e. The van der Waals surface area contributed by atoms with Gasteiger partial charge in [-0.25, -0.2) is 4.39 Å². The second-order valence-electron chi connectivity index (χ2n) is 6.03. The molecule has 3 nitrogen and oxygen atoms in total. The average Bonchev–Trinajstić information content (AvgIpc) is 3.03. The number of hydrogen-bond acceptors (Lipinski definition) is 2. The highest BCUT2D eigenvalue weighted by Crippen LogP contribution is 2.34. The predicted octanol–water partition coefficient (Wildman–Crippen LogP) is 4.20. The second kappa shape index (κ2) is 6.26. The maximum atomic E-state index is 12.9. The molecular weight excluding hydrogens is 335 g/mol. The summed E-state index contributed by atoms with van der Waals surface area (Å²) in [6, 6.07) is 15.7. The lowest BCUT2D eigenvalue weighted by atomic mass is 10.0. The molecule has 25 heavy (non-hydrogen) atoms. The Kier molecular flexibility index (Phi) is 3.93. The van der Waals surface area contributed by atoms with E-state index < -0.39 is 0 Å². The quantitative estimate of drug-likeness (QED) is 0.681. The molecule has 0 saturated carbocycles. The van der Waals surface area contributed by atoms with Crippen molar-refractivity contribution < 1.29 is 9.18 Å². The summed E-state index contributed by atoms with van der Waals surface area (Å²) in [5, 5.41) is 8.33. The summed E-state index contributed by atoms with van der Waals surface area (Å²) in [4.78, 5) is 12.2. The first-order valence-electron chi connectivity index (χ1n) is 8.03. The van der Waals surface area contributed by atoms with E-state index >= 15 is 0 Å². The van der Waals surface area contributed by atoms with Gasteiger partial charge in [0.05, 0.1) is 0 Å². The van der Waals surface area contributed by atoms with Crippen molar-refractivity contribution >= 4 is 39.7 Å². The van der Waals surface area contributed by atoms with E-state index in [4.69, 9.17) is 12.2 Å². The van der Waals surface area contributed by atoms with E-state index in [1.54, 1.807) is 0 Å². The van der Waals surface area contributed by atoms with E-state index in [1.165, 1.54) is 40.8 Å². The molecule has 1 aliphatic rings. The summed E-state index contributed by atoms with van der Waals surface area (Å²) in [5.74, 6) is -0.756. The summed E-state index contributed by atoms with van der Waals surface area (Å²) in [7, 11) is 0. The highest BCUT2D eigenvalue weighted by Gasteiger charge is 2.16. The van der Waals surface area contributed by atoms with Gasteiger partial charge in [0, 0.05) is 16.6 Å². The van der Waals surface area contributed by atoms with Gasteiger partial charge < -0.3 is 5.32 Å². The molecule has 0 bridgehead atoms. The first-order chi connectivity index (χ1) is 12.1. The fourth-order valence-electron chi connectivity index (χ4n) is 3.29. The fourth-order valence-corrected chi connectivity index (χ4v) is 3.49. The van der Waals surface area contributed by atoms with Crippen molar-refractivity contribution in [2.24, 2.45) is 0 Å². The van der Waals surface area contributed by atoms with Crippen molar-refractivity contribution in [2.75, 3.05) is 5.32 Å². The Balaban J connectivity index is 1.55. The van der Waals surface area contributed by atoms with Gasteiger partial charge in [0.1, 0.15) is 5.82 Å². The van der Waals surface area contributed by atoms with Gasteiger partial charge in [-0.3, -0.25) is 10.1 Å². The number of hydrogen-bond donors (Lipinski definition) is 2. The van der Waals surface area contributed by atoms with E-state index in [9.17, 15) is 9.18 Å². The van der Waals surface area contributed by atoms with Crippen molar-refractivity contribution in [3.05, 3.63) is 77.1 Å². The number of benzene rings is 3. The van der Waals surface area contributed by atoms with Crippen molar-refractivity contribution in [1.29, 1.82) is 0 Å². The third kappa shape index (κ3) is 2.98. The molecule has 0 fully saturated rings. The number of carbonyl (C=O) groups excluding carboxylic acids is 1. The number of rotatable bonds is 2. The highest BCUT2D eigenvalue weighted by atomic mass is 32.1. The van der Waals surface area contributed by atoms with Gasteiger partial charge in [0.2, 0.25) is 0 Å². The Morgan fingerprint density at radius 1 is 0.960 bits per heavy atom. The van der Waals surface area contributed by atoms with Crippen LogP contribution in [-0.4, -0.2) is 11.0 Å².